The largest absolute Gasteiger partial charge is 0.387 e. The number of hydrogen-bond acceptors (Lipinski definition) is 3. The second-order valence-electron chi connectivity index (χ2n) is 4.36. The third kappa shape index (κ3) is 3.98. The first-order valence-corrected chi connectivity index (χ1v) is 5.99. The van der Waals surface area contributed by atoms with Crippen LogP contribution in [0.1, 0.15) is 18.1 Å². The van der Waals surface area contributed by atoms with Crippen molar-refractivity contribution in [2.75, 3.05) is 19.6 Å². The lowest BCUT2D eigenvalue weighted by Gasteiger charge is -2.14. The summed E-state index contributed by atoms with van der Waals surface area (Å²) in [7, 11) is 0. The number of amides is 1. The van der Waals surface area contributed by atoms with E-state index in [1.165, 1.54) is 0 Å². The molecule has 1 aromatic carbocycles. The maximum atomic E-state index is 11.7. The standard InChI is InChI=1S/C13H18N2O2.ClH/c16-12(10-4-2-1-3-5-10)9-15-13(17)11-6-7-14-8-11;/h1-5,11-12,14,16H,6-9H2,(H,15,17);1H. The third-order valence-corrected chi connectivity index (χ3v) is 3.09. The predicted molar refractivity (Wildman–Crippen MR) is 72.6 cm³/mol. The molecule has 1 saturated heterocycles. The van der Waals surface area contributed by atoms with Crippen molar-refractivity contribution in [1.82, 2.24) is 10.6 Å². The van der Waals surface area contributed by atoms with E-state index in [0.717, 1.165) is 25.1 Å². The molecule has 3 N–H and O–H groups in total. The summed E-state index contributed by atoms with van der Waals surface area (Å²) < 4.78 is 0. The minimum Gasteiger partial charge on any atom is -0.387 e. The molecule has 18 heavy (non-hydrogen) atoms. The number of benzene rings is 1. The van der Waals surface area contributed by atoms with E-state index in [0.29, 0.717) is 0 Å². The van der Waals surface area contributed by atoms with E-state index in [4.69, 9.17) is 0 Å². The SMILES string of the molecule is Cl.O=C(NCC(O)c1ccccc1)C1CCNC1. The van der Waals surface area contributed by atoms with Crippen LogP contribution in [0.15, 0.2) is 30.3 Å². The fraction of sp³-hybridized carbons (Fsp3) is 0.462. The maximum Gasteiger partial charge on any atom is 0.224 e. The van der Waals surface area contributed by atoms with Crippen LogP contribution in [-0.4, -0.2) is 30.6 Å². The molecule has 1 heterocycles. The van der Waals surface area contributed by atoms with Crippen molar-refractivity contribution in [3.05, 3.63) is 35.9 Å². The Labute approximate surface area is 113 Å². The summed E-state index contributed by atoms with van der Waals surface area (Å²) in [6.07, 6.45) is 0.252. The molecule has 1 aliphatic heterocycles. The van der Waals surface area contributed by atoms with Crippen molar-refractivity contribution >= 4 is 18.3 Å². The van der Waals surface area contributed by atoms with Gasteiger partial charge in [0.2, 0.25) is 5.91 Å². The van der Waals surface area contributed by atoms with E-state index in [1.54, 1.807) is 0 Å². The van der Waals surface area contributed by atoms with Gasteiger partial charge < -0.3 is 15.7 Å². The number of rotatable bonds is 4. The molecular weight excluding hydrogens is 252 g/mol. The molecule has 4 nitrogen and oxygen atoms in total. The molecule has 100 valence electrons. The maximum absolute atomic E-state index is 11.7. The van der Waals surface area contributed by atoms with Crippen molar-refractivity contribution in [3.63, 3.8) is 0 Å². The van der Waals surface area contributed by atoms with Gasteiger partial charge in [-0.2, -0.15) is 0 Å². The van der Waals surface area contributed by atoms with Crippen LogP contribution in [0.5, 0.6) is 0 Å². The molecule has 0 aliphatic carbocycles. The average molecular weight is 271 g/mol. The molecule has 1 aliphatic rings. The Balaban J connectivity index is 0.00000162. The van der Waals surface area contributed by atoms with Crippen LogP contribution in [0.4, 0.5) is 0 Å². The van der Waals surface area contributed by atoms with Gasteiger partial charge in [0.15, 0.2) is 0 Å². The first-order chi connectivity index (χ1) is 8.27. The first-order valence-electron chi connectivity index (χ1n) is 5.99. The van der Waals surface area contributed by atoms with Crippen LogP contribution in [-0.2, 0) is 4.79 Å². The highest BCUT2D eigenvalue weighted by molar-refractivity contribution is 5.85. The van der Waals surface area contributed by atoms with Gasteiger partial charge in [-0.25, -0.2) is 0 Å². The van der Waals surface area contributed by atoms with Gasteiger partial charge in [-0.3, -0.25) is 4.79 Å². The van der Waals surface area contributed by atoms with Gasteiger partial charge in [-0.15, -0.1) is 12.4 Å². The molecule has 0 saturated carbocycles. The predicted octanol–water partition coefficient (Wildman–Crippen LogP) is 0.867. The number of nitrogens with one attached hydrogen (secondary N) is 2. The highest BCUT2D eigenvalue weighted by Gasteiger charge is 2.22. The van der Waals surface area contributed by atoms with Crippen LogP contribution in [0, 0.1) is 5.92 Å². The van der Waals surface area contributed by atoms with Crippen molar-refractivity contribution in [2.45, 2.75) is 12.5 Å². The molecule has 1 fully saturated rings. The Morgan fingerprint density at radius 3 is 2.78 bits per heavy atom. The fourth-order valence-electron chi connectivity index (χ4n) is 2.01. The Morgan fingerprint density at radius 1 is 1.44 bits per heavy atom. The summed E-state index contributed by atoms with van der Waals surface area (Å²) >= 11 is 0. The molecule has 0 spiro atoms. The summed E-state index contributed by atoms with van der Waals surface area (Å²) in [5, 5.41) is 15.8. The van der Waals surface area contributed by atoms with Gasteiger partial charge in [0.05, 0.1) is 12.0 Å². The van der Waals surface area contributed by atoms with Gasteiger partial charge in [0, 0.05) is 13.1 Å². The molecule has 1 amide bonds. The number of aliphatic hydroxyl groups is 1. The molecule has 2 atom stereocenters. The summed E-state index contributed by atoms with van der Waals surface area (Å²) in [5.41, 5.74) is 0.831. The van der Waals surface area contributed by atoms with Crippen molar-refractivity contribution in [3.8, 4) is 0 Å². The minimum absolute atomic E-state index is 0. The Hall–Kier alpha value is -1.10. The summed E-state index contributed by atoms with van der Waals surface area (Å²) in [4.78, 5) is 11.7. The molecule has 1 aromatic rings. The number of carbonyl (C=O) groups is 1. The van der Waals surface area contributed by atoms with Crippen molar-refractivity contribution in [2.24, 2.45) is 5.92 Å². The molecule has 5 heteroatoms. The van der Waals surface area contributed by atoms with Crippen LogP contribution in [0.25, 0.3) is 0 Å². The van der Waals surface area contributed by atoms with Crippen LogP contribution < -0.4 is 10.6 Å². The number of aliphatic hydroxyl groups excluding tert-OH is 1. The van der Waals surface area contributed by atoms with E-state index in [9.17, 15) is 9.90 Å². The monoisotopic (exact) mass is 270 g/mol. The molecule has 0 bridgehead atoms. The van der Waals surface area contributed by atoms with E-state index in [-0.39, 0.29) is 30.8 Å². The number of halogens is 1. The van der Waals surface area contributed by atoms with Gasteiger partial charge in [0.25, 0.3) is 0 Å². The van der Waals surface area contributed by atoms with E-state index in [1.807, 2.05) is 30.3 Å². The van der Waals surface area contributed by atoms with Gasteiger partial charge >= 0.3 is 0 Å². The van der Waals surface area contributed by atoms with E-state index in [2.05, 4.69) is 10.6 Å². The Kier molecular flexibility index (Phi) is 6.12. The smallest absolute Gasteiger partial charge is 0.224 e. The number of hydrogen-bond donors (Lipinski definition) is 3. The summed E-state index contributed by atoms with van der Waals surface area (Å²) in [5.74, 6) is 0.0861. The Bertz CT molecular complexity index is 367. The topological polar surface area (TPSA) is 61.4 Å². The second kappa shape index (κ2) is 7.36. The molecule has 0 aromatic heterocycles. The highest BCUT2D eigenvalue weighted by atomic mass is 35.5. The van der Waals surface area contributed by atoms with Crippen molar-refractivity contribution in [1.29, 1.82) is 0 Å². The molecule has 0 radical (unpaired) electrons. The van der Waals surface area contributed by atoms with E-state index < -0.39 is 6.10 Å². The third-order valence-electron chi connectivity index (χ3n) is 3.09. The van der Waals surface area contributed by atoms with Crippen molar-refractivity contribution < 1.29 is 9.90 Å². The highest BCUT2D eigenvalue weighted by Crippen LogP contribution is 2.12. The number of carbonyl (C=O) groups excluding carboxylic acids is 1. The molecule has 2 rings (SSSR count). The average Bonchev–Trinajstić information content (AvgIpc) is 2.90. The second-order valence-corrected chi connectivity index (χ2v) is 4.36. The normalized spacial score (nSPS) is 19.9. The Morgan fingerprint density at radius 2 is 2.17 bits per heavy atom. The fourth-order valence-corrected chi connectivity index (χ4v) is 2.01. The van der Waals surface area contributed by atoms with Crippen LogP contribution in [0.3, 0.4) is 0 Å². The molecular formula is C13H19ClN2O2. The zero-order chi connectivity index (χ0) is 12.1. The van der Waals surface area contributed by atoms with Gasteiger partial charge in [-0.1, -0.05) is 30.3 Å². The van der Waals surface area contributed by atoms with Crippen LogP contribution in [0.2, 0.25) is 0 Å². The minimum atomic E-state index is -0.630. The molecule has 2 unspecified atom stereocenters. The lowest BCUT2D eigenvalue weighted by molar-refractivity contribution is -0.124. The summed E-state index contributed by atoms with van der Waals surface area (Å²) in [6, 6.07) is 9.36. The van der Waals surface area contributed by atoms with E-state index >= 15 is 0 Å². The van der Waals surface area contributed by atoms with Crippen LogP contribution >= 0.6 is 12.4 Å². The van der Waals surface area contributed by atoms with Gasteiger partial charge in [-0.05, 0) is 18.5 Å². The quantitative estimate of drug-likeness (QED) is 0.761. The zero-order valence-electron chi connectivity index (χ0n) is 10.1. The lowest BCUT2D eigenvalue weighted by Crippen LogP contribution is -2.34. The van der Waals surface area contributed by atoms with Gasteiger partial charge in [0.1, 0.15) is 0 Å². The lowest BCUT2D eigenvalue weighted by atomic mass is 10.1. The first kappa shape index (κ1) is 15.0. The zero-order valence-corrected chi connectivity index (χ0v) is 11.0. The summed E-state index contributed by atoms with van der Waals surface area (Å²) in [6.45, 7) is 1.92.